The van der Waals surface area contributed by atoms with Gasteiger partial charge in [-0.2, -0.15) is 0 Å². The molecule has 3 N–H and O–H groups in total. The first-order valence-electron chi connectivity index (χ1n) is 4.05. The Morgan fingerprint density at radius 1 is 1.54 bits per heavy atom. The van der Waals surface area contributed by atoms with Crippen molar-refractivity contribution in [2.45, 2.75) is 13.8 Å². The highest BCUT2D eigenvalue weighted by Gasteiger charge is 1.97. The zero-order chi connectivity index (χ0) is 9.84. The van der Waals surface area contributed by atoms with E-state index in [4.69, 9.17) is 11.1 Å². The van der Waals surface area contributed by atoms with Gasteiger partial charge in [0.2, 0.25) is 0 Å². The minimum absolute atomic E-state index is 0.396. The van der Waals surface area contributed by atoms with Crippen LogP contribution in [0.25, 0.3) is 0 Å². The molecule has 0 saturated carbocycles. The minimum Gasteiger partial charge on any atom is -0.402 e. The maximum Gasteiger partial charge on any atom is 0.0644 e. The van der Waals surface area contributed by atoms with Crippen LogP contribution >= 0.6 is 0 Å². The summed E-state index contributed by atoms with van der Waals surface area (Å²) in [5.41, 5.74) is 8.22. The first kappa shape index (κ1) is 9.45. The Morgan fingerprint density at radius 2 is 2.23 bits per heavy atom. The molecule has 0 saturated heterocycles. The van der Waals surface area contributed by atoms with E-state index in [1.807, 2.05) is 19.1 Å². The van der Waals surface area contributed by atoms with Crippen LogP contribution in [0.2, 0.25) is 0 Å². The van der Waals surface area contributed by atoms with Gasteiger partial charge in [-0.05, 0) is 32.1 Å². The summed E-state index contributed by atoms with van der Waals surface area (Å²) < 4.78 is 0. The van der Waals surface area contributed by atoms with Crippen LogP contribution in [0.3, 0.4) is 0 Å². The topological polar surface area (TPSA) is 62.8 Å². The van der Waals surface area contributed by atoms with Crippen LogP contribution in [0.1, 0.15) is 18.2 Å². The van der Waals surface area contributed by atoms with Gasteiger partial charge in [-0.25, -0.2) is 0 Å². The summed E-state index contributed by atoms with van der Waals surface area (Å²) >= 11 is 0. The molecule has 0 amide bonds. The summed E-state index contributed by atoms with van der Waals surface area (Å²) in [7, 11) is 0. The summed E-state index contributed by atoms with van der Waals surface area (Å²) in [6.07, 6.45) is 3.30. The molecule has 0 bridgehead atoms. The highest BCUT2D eigenvalue weighted by atomic mass is 14.7. The van der Waals surface area contributed by atoms with Crippen molar-refractivity contribution >= 4 is 5.71 Å². The van der Waals surface area contributed by atoms with Gasteiger partial charge in [0.25, 0.3) is 0 Å². The van der Waals surface area contributed by atoms with Crippen molar-refractivity contribution in [3.63, 3.8) is 0 Å². The third-order valence-corrected chi connectivity index (χ3v) is 1.59. The Labute approximate surface area is 77.8 Å². The number of aromatic nitrogens is 1. The van der Waals surface area contributed by atoms with E-state index in [1.165, 1.54) is 0 Å². The largest absolute Gasteiger partial charge is 0.402 e. The van der Waals surface area contributed by atoms with Gasteiger partial charge >= 0.3 is 0 Å². The van der Waals surface area contributed by atoms with Crippen LogP contribution < -0.4 is 5.73 Å². The number of nitrogens with two attached hydrogens (primary N) is 1. The molecule has 0 aliphatic carbocycles. The van der Waals surface area contributed by atoms with E-state index in [2.05, 4.69) is 4.98 Å². The van der Waals surface area contributed by atoms with E-state index >= 15 is 0 Å². The minimum atomic E-state index is 0.396. The summed E-state index contributed by atoms with van der Waals surface area (Å²) in [5.74, 6) is 0. The lowest BCUT2D eigenvalue weighted by Gasteiger charge is -1.99. The summed E-state index contributed by atoms with van der Waals surface area (Å²) in [6.45, 7) is 3.67. The Kier molecular flexibility index (Phi) is 2.80. The van der Waals surface area contributed by atoms with Crippen LogP contribution in [-0.4, -0.2) is 10.7 Å². The Hall–Kier alpha value is -1.64. The molecule has 0 atom stereocenters. The predicted octanol–water partition coefficient (Wildman–Crippen LogP) is 1.62. The molecule has 0 aliphatic rings. The number of aryl methyl sites for hydroxylation is 1. The maximum absolute atomic E-state index is 7.63. The van der Waals surface area contributed by atoms with Gasteiger partial charge < -0.3 is 11.1 Å². The molecule has 3 nitrogen and oxygen atoms in total. The van der Waals surface area contributed by atoms with Crippen molar-refractivity contribution in [1.82, 2.24) is 4.98 Å². The zero-order valence-electron chi connectivity index (χ0n) is 7.83. The highest BCUT2D eigenvalue weighted by Crippen LogP contribution is 2.01. The number of hydrogen-bond acceptors (Lipinski definition) is 3. The maximum atomic E-state index is 7.63. The standard InChI is InChI=1S/C10H13N3/c1-7(11)5-10(12)9-4-3-8(2)13-6-9/h3-6,12H,11H2,1-2H3/b7-5+,12-10?. The molecule has 1 heterocycles. The second-order valence-electron chi connectivity index (χ2n) is 2.99. The summed E-state index contributed by atoms with van der Waals surface area (Å²) in [6, 6.07) is 3.74. The summed E-state index contributed by atoms with van der Waals surface area (Å²) in [5, 5.41) is 7.63. The lowest BCUT2D eigenvalue weighted by Crippen LogP contribution is -2.00. The van der Waals surface area contributed by atoms with E-state index in [0.29, 0.717) is 11.4 Å². The first-order valence-corrected chi connectivity index (χ1v) is 4.05. The zero-order valence-corrected chi connectivity index (χ0v) is 7.83. The molecule has 0 aliphatic heterocycles. The molecule has 1 rings (SSSR count). The van der Waals surface area contributed by atoms with Gasteiger partial charge in [-0.1, -0.05) is 0 Å². The van der Waals surface area contributed by atoms with E-state index in [1.54, 1.807) is 19.2 Å². The number of rotatable bonds is 2. The number of pyridine rings is 1. The molecule has 0 spiro atoms. The van der Waals surface area contributed by atoms with Gasteiger partial charge in [0.15, 0.2) is 0 Å². The molecule has 3 heteroatoms. The molecular weight excluding hydrogens is 162 g/mol. The van der Waals surface area contributed by atoms with Crippen molar-refractivity contribution in [2.24, 2.45) is 5.73 Å². The van der Waals surface area contributed by atoms with Gasteiger partial charge in [-0.3, -0.25) is 4.98 Å². The van der Waals surface area contributed by atoms with Crippen LogP contribution in [0.4, 0.5) is 0 Å². The van der Waals surface area contributed by atoms with Gasteiger partial charge in [0.05, 0.1) is 5.71 Å². The first-order chi connectivity index (χ1) is 6.09. The highest BCUT2D eigenvalue weighted by molar-refractivity contribution is 6.06. The number of allylic oxidation sites excluding steroid dienone is 2. The third kappa shape index (κ3) is 2.71. The quantitative estimate of drug-likeness (QED) is 0.671. The molecule has 13 heavy (non-hydrogen) atoms. The molecular formula is C10H13N3. The summed E-state index contributed by atoms with van der Waals surface area (Å²) in [4.78, 5) is 4.10. The SMILES string of the molecule is C/C(N)=C\C(=N)c1ccc(C)nc1. The molecule has 1 aromatic heterocycles. The smallest absolute Gasteiger partial charge is 0.0644 e. The second kappa shape index (κ2) is 3.85. The number of nitrogens with one attached hydrogen (secondary N) is 1. The molecule has 0 aromatic carbocycles. The second-order valence-corrected chi connectivity index (χ2v) is 2.99. The van der Waals surface area contributed by atoms with Crippen molar-refractivity contribution in [2.75, 3.05) is 0 Å². The molecule has 0 unspecified atom stereocenters. The van der Waals surface area contributed by atoms with E-state index in [-0.39, 0.29) is 0 Å². The van der Waals surface area contributed by atoms with Crippen molar-refractivity contribution in [3.05, 3.63) is 41.4 Å². The van der Waals surface area contributed by atoms with E-state index < -0.39 is 0 Å². The Balaban J connectivity index is 2.90. The van der Waals surface area contributed by atoms with Gasteiger partial charge in [-0.15, -0.1) is 0 Å². The fourth-order valence-electron chi connectivity index (χ4n) is 0.938. The molecule has 0 fully saturated rings. The number of hydrogen-bond donors (Lipinski definition) is 2. The van der Waals surface area contributed by atoms with E-state index in [9.17, 15) is 0 Å². The average molecular weight is 175 g/mol. The van der Waals surface area contributed by atoms with Gasteiger partial charge in [0, 0.05) is 23.2 Å². The average Bonchev–Trinajstić information content (AvgIpc) is 2.04. The molecule has 1 aromatic rings. The predicted molar refractivity (Wildman–Crippen MR) is 53.7 cm³/mol. The molecule has 68 valence electrons. The lowest BCUT2D eigenvalue weighted by atomic mass is 10.1. The lowest BCUT2D eigenvalue weighted by molar-refractivity contribution is 1.19. The van der Waals surface area contributed by atoms with Crippen LogP contribution in [0, 0.1) is 12.3 Å². The third-order valence-electron chi connectivity index (χ3n) is 1.59. The van der Waals surface area contributed by atoms with Crippen molar-refractivity contribution < 1.29 is 0 Å². The Bertz CT molecular complexity index is 332. The normalized spacial score (nSPS) is 11.4. The van der Waals surface area contributed by atoms with Crippen LogP contribution in [0.15, 0.2) is 30.1 Å². The number of nitrogens with zero attached hydrogens (tertiary/aromatic N) is 1. The monoisotopic (exact) mass is 175 g/mol. The Morgan fingerprint density at radius 3 is 2.69 bits per heavy atom. The van der Waals surface area contributed by atoms with Gasteiger partial charge in [0.1, 0.15) is 0 Å². The van der Waals surface area contributed by atoms with Crippen LogP contribution in [0.5, 0.6) is 0 Å². The van der Waals surface area contributed by atoms with Crippen molar-refractivity contribution in [1.29, 1.82) is 5.41 Å². The fraction of sp³-hybridized carbons (Fsp3) is 0.200. The molecule has 0 radical (unpaired) electrons. The van der Waals surface area contributed by atoms with Crippen molar-refractivity contribution in [3.8, 4) is 0 Å². The fourth-order valence-corrected chi connectivity index (χ4v) is 0.938. The van der Waals surface area contributed by atoms with Crippen LogP contribution in [-0.2, 0) is 0 Å². The van der Waals surface area contributed by atoms with E-state index in [0.717, 1.165) is 11.3 Å².